The Morgan fingerprint density at radius 2 is 1.72 bits per heavy atom. The molecule has 0 aliphatic carbocycles. The number of hydrogen-bond donors (Lipinski definition) is 0. The largest absolute Gasteiger partial charge is 0.497 e. The fraction of sp³-hybridized carbons (Fsp3) is 0.316. The van der Waals surface area contributed by atoms with E-state index < -0.39 is 0 Å². The second-order valence-electron chi connectivity index (χ2n) is 5.96. The minimum Gasteiger partial charge on any atom is -0.497 e. The summed E-state index contributed by atoms with van der Waals surface area (Å²) in [7, 11) is 1.66. The van der Waals surface area contributed by atoms with Crippen LogP contribution in [0.4, 0.5) is 5.69 Å². The van der Waals surface area contributed by atoms with Gasteiger partial charge < -0.3 is 14.5 Å². The Hall–Kier alpha value is -1.91. The predicted molar refractivity (Wildman–Crippen MR) is 102 cm³/mol. The smallest absolute Gasteiger partial charge is 0.253 e. The van der Waals surface area contributed by atoms with Gasteiger partial charge in [0.05, 0.1) is 17.2 Å². The van der Waals surface area contributed by atoms with Gasteiger partial charge in [-0.05, 0) is 48.9 Å². The van der Waals surface area contributed by atoms with Gasteiger partial charge in [-0.15, -0.1) is 0 Å². The number of methoxy groups -OCH3 is 1. The monoisotopic (exact) mass is 378 g/mol. The molecule has 1 saturated heterocycles. The molecular weight excluding hydrogens is 359 g/mol. The molecule has 6 heteroatoms. The SMILES string of the molecule is COc1ccc(N2CCCN(C(=O)c3ccc(Cl)c(Cl)c3)CC2)cc1. The number of carbonyl (C=O) groups excluding carboxylic acids is 1. The number of carbonyl (C=O) groups is 1. The maximum absolute atomic E-state index is 12.7. The quantitative estimate of drug-likeness (QED) is 0.795. The maximum Gasteiger partial charge on any atom is 0.253 e. The zero-order chi connectivity index (χ0) is 17.8. The first-order chi connectivity index (χ1) is 12.1. The van der Waals surface area contributed by atoms with E-state index in [9.17, 15) is 4.79 Å². The van der Waals surface area contributed by atoms with Crippen LogP contribution in [-0.2, 0) is 0 Å². The standard InChI is InChI=1S/C19H20Cl2N2O2/c1-25-16-6-4-15(5-7-16)22-9-2-10-23(12-11-22)19(24)14-3-8-17(20)18(21)13-14/h3-8,13H,2,9-12H2,1H3. The number of rotatable bonds is 3. The van der Waals surface area contributed by atoms with E-state index in [1.165, 1.54) is 0 Å². The van der Waals surface area contributed by atoms with Gasteiger partial charge in [0.2, 0.25) is 0 Å². The normalized spacial score (nSPS) is 15.0. The summed E-state index contributed by atoms with van der Waals surface area (Å²) >= 11 is 12.0. The molecule has 0 spiro atoms. The third-order valence-corrected chi connectivity index (χ3v) is 5.13. The summed E-state index contributed by atoms with van der Waals surface area (Å²) < 4.78 is 5.21. The van der Waals surface area contributed by atoms with Gasteiger partial charge in [-0.25, -0.2) is 0 Å². The van der Waals surface area contributed by atoms with Crippen LogP contribution in [0.3, 0.4) is 0 Å². The maximum atomic E-state index is 12.7. The third kappa shape index (κ3) is 4.20. The van der Waals surface area contributed by atoms with Crippen LogP contribution in [0.5, 0.6) is 5.75 Å². The fourth-order valence-electron chi connectivity index (χ4n) is 2.98. The Bertz CT molecular complexity index is 750. The predicted octanol–water partition coefficient (Wildman–Crippen LogP) is 4.35. The van der Waals surface area contributed by atoms with E-state index in [0.717, 1.165) is 37.5 Å². The zero-order valence-electron chi connectivity index (χ0n) is 14.0. The molecule has 1 aliphatic rings. The molecule has 3 rings (SSSR count). The summed E-state index contributed by atoms with van der Waals surface area (Å²) in [4.78, 5) is 16.9. The van der Waals surface area contributed by atoms with E-state index >= 15 is 0 Å². The molecule has 25 heavy (non-hydrogen) atoms. The van der Waals surface area contributed by atoms with Crippen LogP contribution in [0.25, 0.3) is 0 Å². The topological polar surface area (TPSA) is 32.8 Å². The first-order valence-corrected chi connectivity index (χ1v) is 8.97. The Morgan fingerprint density at radius 3 is 2.40 bits per heavy atom. The minimum absolute atomic E-state index is 0.00449. The van der Waals surface area contributed by atoms with Gasteiger partial charge in [0, 0.05) is 37.4 Å². The van der Waals surface area contributed by atoms with Crippen LogP contribution >= 0.6 is 23.2 Å². The van der Waals surface area contributed by atoms with Gasteiger partial charge in [-0.1, -0.05) is 23.2 Å². The first kappa shape index (κ1) is 17.9. The van der Waals surface area contributed by atoms with E-state index in [2.05, 4.69) is 17.0 Å². The number of benzene rings is 2. The van der Waals surface area contributed by atoms with Crippen molar-refractivity contribution in [3.05, 3.63) is 58.1 Å². The van der Waals surface area contributed by atoms with E-state index in [0.29, 0.717) is 22.2 Å². The van der Waals surface area contributed by atoms with Crippen LogP contribution in [-0.4, -0.2) is 44.1 Å². The number of anilines is 1. The lowest BCUT2D eigenvalue weighted by molar-refractivity contribution is 0.0767. The average molecular weight is 379 g/mol. The molecule has 1 amide bonds. The molecule has 0 atom stereocenters. The summed E-state index contributed by atoms with van der Waals surface area (Å²) in [6.45, 7) is 3.10. The summed E-state index contributed by atoms with van der Waals surface area (Å²) in [5.41, 5.74) is 1.72. The molecule has 132 valence electrons. The van der Waals surface area contributed by atoms with Crippen molar-refractivity contribution in [2.45, 2.75) is 6.42 Å². The van der Waals surface area contributed by atoms with Crippen molar-refractivity contribution < 1.29 is 9.53 Å². The number of ether oxygens (including phenoxy) is 1. The van der Waals surface area contributed by atoms with Gasteiger partial charge in [0.25, 0.3) is 5.91 Å². The molecule has 1 fully saturated rings. The summed E-state index contributed by atoms with van der Waals surface area (Å²) in [5, 5.41) is 0.863. The van der Waals surface area contributed by atoms with Gasteiger partial charge >= 0.3 is 0 Å². The summed E-state index contributed by atoms with van der Waals surface area (Å²) in [6.07, 6.45) is 0.916. The number of amides is 1. The molecule has 0 bridgehead atoms. The molecule has 0 radical (unpaired) electrons. The van der Waals surface area contributed by atoms with Crippen LogP contribution in [0.15, 0.2) is 42.5 Å². The summed E-state index contributed by atoms with van der Waals surface area (Å²) in [6, 6.07) is 13.0. The molecule has 0 aromatic heterocycles. The minimum atomic E-state index is -0.00449. The zero-order valence-corrected chi connectivity index (χ0v) is 15.6. The van der Waals surface area contributed by atoms with E-state index in [-0.39, 0.29) is 5.91 Å². The molecule has 0 unspecified atom stereocenters. The molecule has 0 saturated carbocycles. The van der Waals surface area contributed by atoms with E-state index in [4.69, 9.17) is 27.9 Å². The number of hydrogen-bond acceptors (Lipinski definition) is 3. The van der Waals surface area contributed by atoms with Crippen LogP contribution in [0.2, 0.25) is 10.0 Å². The molecule has 2 aromatic carbocycles. The lowest BCUT2D eigenvalue weighted by Gasteiger charge is -2.24. The van der Waals surface area contributed by atoms with Crippen LogP contribution in [0, 0.1) is 0 Å². The van der Waals surface area contributed by atoms with Crippen molar-refractivity contribution in [1.29, 1.82) is 0 Å². The highest BCUT2D eigenvalue weighted by Gasteiger charge is 2.21. The van der Waals surface area contributed by atoms with Crippen molar-refractivity contribution in [2.75, 3.05) is 38.2 Å². The molecule has 4 nitrogen and oxygen atoms in total. The highest BCUT2D eigenvalue weighted by Crippen LogP contribution is 2.24. The fourth-order valence-corrected chi connectivity index (χ4v) is 3.28. The van der Waals surface area contributed by atoms with E-state index in [1.807, 2.05) is 17.0 Å². The molecular formula is C19H20Cl2N2O2. The van der Waals surface area contributed by atoms with Crippen molar-refractivity contribution in [3.8, 4) is 5.75 Å². The van der Waals surface area contributed by atoms with E-state index in [1.54, 1.807) is 25.3 Å². The Balaban J connectivity index is 1.68. The van der Waals surface area contributed by atoms with Gasteiger partial charge in [0.15, 0.2) is 0 Å². The van der Waals surface area contributed by atoms with Gasteiger partial charge in [-0.3, -0.25) is 4.79 Å². The molecule has 2 aromatic rings. The van der Waals surface area contributed by atoms with Gasteiger partial charge in [0.1, 0.15) is 5.75 Å². The highest BCUT2D eigenvalue weighted by molar-refractivity contribution is 6.42. The Kier molecular flexibility index (Phi) is 5.71. The second-order valence-corrected chi connectivity index (χ2v) is 6.77. The van der Waals surface area contributed by atoms with Crippen molar-refractivity contribution in [3.63, 3.8) is 0 Å². The first-order valence-electron chi connectivity index (χ1n) is 8.22. The number of nitrogens with zero attached hydrogens (tertiary/aromatic N) is 2. The molecule has 1 heterocycles. The van der Waals surface area contributed by atoms with Crippen molar-refractivity contribution in [1.82, 2.24) is 4.90 Å². The van der Waals surface area contributed by atoms with Crippen molar-refractivity contribution in [2.24, 2.45) is 0 Å². The Morgan fingerprint density at radius 1 is 0.960 bits per heavy atom. The third-order valence-electron chi connectivity index (χ3n) is 4.39. The number of halogens is 2. The Labute approximate surface area is 157 Å². The second kappa shape index (κ2) is 7.98. The molecule has 1 aliphatic heterocycles. The van der Waals surface area contributed by atoms with Crippen LogP contribution in [0.1, 0.15) is 16.8 Å². The lowest BCUT2D eigenvalue weighted by atomic mass is 10.2. The average Bonchev–Trinajstić information content (AvgIpc) is 2.89. The molecule has 0 N–H and O–H groups in total. The highest BCUT2D eigenvalue weighted by atomic mass is 35.5. The lowest BCUT2D eigenvalue weighted by Crippen LogP contribution is -2.35. The van der Waals surface area contributed by atoms with Gasteiger partial charge in [-0.2, -0.15) is 0 Å². The van der Waals surface area contributed by atoms with Crippen molar-refractivity contribution >= 4 is 34.8 Å². The summed E-state index contributed by atoms with van der Waals surface area (Å²) in [5.74, 6) is 0.838. The van der Waals surface area contributed by atoms with Crippen LogP contribution < -0.4 is 9.64 Å².